The summed E-state index contributed by atoms with van der Waals surface area (Å²) in [6.07, 6.45) is 16.8. The molecule has 5 fully saturated rings. The highest BCUT2D eigenvalue weighted by molar-refractivity contribution is 5.02. The molecule has 5 aliphatic rings. The Hall–Kier alpha value is -0.0400. The zero-order valence-corrected chi connectivity index (χ0v) is 12.3. The van der Waals surface area contributed by atoms with E-state index in [1.54, 1.807) is 0 Å². The van der Waals surface area contributed by atoms with E-state index < -0.39 is 0 Å². The van der Waals surface area contributed by atoms with Gasteiger partial charge < -0.3 is 5.11 Å². The number of aliphatic hydroxyl groups is 1. The van der Waals surface area contributed by atoms with Crippen LogP contribution in [0.2, 0.25) is 0 Å². The molecule has 1 atom stereocenters. The Morgan fingerprint density at radius 2 is 1.42 bits per heavy atom. The van der Waals surface area contributed by atoms with Gasteiger partial charge in [0.2, 0.25) is 0 Å². The minimum atomic E-state index is 0.0133. The first-order valence-corrected chi connectivity index (χ1v) is 8.89. The first-order chi connectivity index (χ1) is 9.21. The number of aliphatic hydroxyl groups excluding tert-OH is 1. The summed E-state index contributed by atoms with van der Waals surface area (Å²) in [7, 11) is 0. The van der Waals surface area contributed by atoms with Gasteiger partial charge in [0.15, 0.2) is 0 Å². The van der Waals surface area contributed by atoms with E-state index in [1.165, 1.54) is 64.2 Å². The molecule has 0 aromatic heterocycles. The van der Waals surface area contributed by atoms with Crippen molar-refractivity contribution in [1.82, 2.24) is 0 Å². The molecule has 0 radical (unpaired) electrons. The number of rotatable bonds is 4. The third-order valence-corrected chi connectivity index (χ3v) is 6.91. The predicted octanol–water partition coefficient (Wildman–Crippen LogP) is 4.53. The van der Waals surface area contributed by atoms with Crippen LogP contribution in [0.25, 0.3) is 0 Å². The predicted molar refractivity (Wildman–Crippen MR) is 77.8 cm³/mol. The highest BCUT2D eigenvalue weighted by atomic mass is 16.3. The third-order valence-electron chi connectivity index (χ3n) is 6.91. The lowest BCUT2D eigenvalue weighted by Crippen LogP contribution is -2.47. The second kappa shape index (κ2) is 4.76. The van der Waals surface area contributed by atoms with Gasteiger partial charge in [-0.25, -0.2) is 0 Å². The molecule has 5 rings (SSSR count). The van der Waals surface area contributed by atoms with Crippen LogP contribution in [0.4, 0.5) is 0 Å². The molecule has 1 heteroatoms. The van der Waals surface area contributed by atoms with Crippen LogP contribution in [0.1, 0.15) is 77.0 Å². The van der Waals surface area contributed by atoms with Crippen molar-refractivity contribution in [2.45, 2.75) is 83.2 Å². The van der Waals surface area contributed by atoms with Gasteiger partial charge in [0, 0.05) is 0 Å². The van der Waals surface area contributed by atoms with Crippen molar-refractivity contribution in [1.29, 1.82) is 0 Å². The Labute approximate surface area is 118 Å². The lowest BCUT2D eigenvalue weighted by Gasteiger charge is -2.57. The lowest BCUT2D eigenvalue weighted by molar-refractivity contribution is -0.0781. The fourth-order valence-electron chi connectivity index (χ4n) is 6.75. The van der Waals surface area contributed by atoms with Gasteiger partial charge >= 0.3 is 0 Å². The summed E-state index contributed by atoms with van der Waals surface area (Å²) in [5.74, 6) is 3.95. The summed E-state index contributed by atoms with van der Waals surface area (Å²) in [5, 5.41) is 10.6. The van der Waals surface area contributed by atoms with Crippen LogP contribution in [-0.4, -0.2) is 11.2 Å². The van der Waals surface area contributed by atoms with Crippen LogP contribution in [0, 0.1) is 29.1 Å². The minimum absolute atomic E-state index is 0.0133. The SMILES string of the molecule is OC(CC1CCCC1)CC12CC3CC(CC(C3)C1)C2. The first-order valence-electron chi connectivity index (χ1n) is 8.89. The van der Waals surface area contributed by atoms with Gasteiger partial charge in [-0.05, 0) is 80.5 Å². The van der Waals surface area contributed by atoms with Crippen molar-refractivity contribution in [3.63, 3.8) is 0 Å². The van der Waals surface area contributed by atoms with Gasteiger partial charge in [-0.2, -0.15) is 0 Å². The summed E-state index contributed by atoms with van der Waals surface area (Å²) in [6.45, 7) is 0. The zero-order chi connectivity index (χ0) is 12.9. The van der Waals surface area contributed by atoms with Gasteiger partial charge in [-0.15, -0.1) is 0 Å². The molecule has 4 bridgehead atoms. The second-order valence-corrected chi connectivity index (χ2v) is 8.66. The van der Waals surface area contributed by atoms with Crippen LogP contribution in [0.5, 0.6) is 0 Å². The molecule has 0 saturated heterocycles. The normalized spacial score (nSPS) is 46.9. The molecule has 5 aliphatic carbocycles. The first kappa shape index (κ1) is 12.7. The molecule has 0 aromatic carbocycles. The van der Waals surface area contributed by atoms with Crippen molar-refractivity contribution < 1.29 is 5.11 Å². The molecular formula is C18H30O. The van der Waals surface area contributed by atoms with E-state index in [0.717, 1.165) is 36.5 Å². The number of hydrogen-bond donors (Lipinski definition) is 1. The molecule has 1 N–H and O–H groups in total. The van der Waals surface area contributed by atoms with Crippen LogP contribution < -0.4 is 0 Å². The molecule has 0 aliphatic heterocycles. The average Bonchev–Trinajstić information content (AvgIpc) is 2.78. The molecule has 1 nitrogen and oxygen atoms in total. The molecule has 0 spiro atoms. The van der Waals surface area contributed by atoms with E-state index in [0.29, 0.717) is 5.41 Å². The lowest BCUT2D eigenvalue weighted by atomic mass is 9.48. The highest BCUT2D eigenvalue weighted by Gasteiger charge is 2.51. The van der Waals surface area contributed by atoms with Crippen LogP contribution in [0.15, 0.2) is 0 Å². The number of hydrogen-bond acceptors (Lipinski definition) is 1. The van der Waals surface area contributed by atoms with Crippen molar-refractivity contribution in [3.05, 3.63) is 0 Å². The van der Waals surface area contributed by atoms with E-state index in [2.05, 4.69) is 0 Å². The summed E-state index contributed by atoms with van der Waals surface area (Å²) >= 11 is 0. The van der Waals surface area contributed by atoms with Gasteiger partial charge in [0.1, 0.15) is 0 Å². The summed E-state index contributed by atoms with van der Waals surface area (Å²) in [4.78, 5) is 0. The van der Waals surface area contributed by atoms with Gasteiger partial charge in [-0.1, -0.05) is 25.7 Å². The van der Waals surface area contributed by atoms with E-state index in [1.807, 2.05) is 0 Å². The Balaban J connectivity index is 1.38. The van der Waals surface area contributed by atoms with E-state index in [4.69, 9.17) is 0 Å². The summed E-state index contributed by atoms with van der Waals surface area (Å²) in [6, 6.07) is 0. The second-order valence-electron chi connectivity index (χ2n) is 8.66. The van der Waals surface area contributed by atoms with Gasteiger partial charge in [0.05, 0.1) is 6.10 Å². The van der Waals surface area contributed by atoms with E-state index >= 15 is 0 Å². The third kappa shape index (κ3) is 2.48. The Morgan fingerprint density at radius 1 is 0.895 bits per heavy atom. The summed E-state index contributed by atoms with van der Waals surface area (Å²) < 4.78 is 0. The van der Waals surface area contributed by atoms with Crippen molar-refractivity contribution in [2.24, 2.45) is 29.1 Å². The van der Waals surface area contributed by atoms with Crippen molar-refractivity contribution >= 4 is 0 Å². The molecule has 0 aromatic rings. The molecule has 19 heavy (non-hydrogen) atoms. The molecule has 5 saturated carbocycles. The maximum absolute atomic E-state index is 10.6. The van der Waals surface area contributed by atoms with Gasteiger partial charge in [-0.3, -0.25) is 0 Å². The minimum Gasteiger partial charge on any atom is -0.393 e. The molecule has 0 amide bonds. The van der Waals surface area contributed by atoms with Crippen LogP contribution in [-0.2, 0) is 0 Å². The standard InChI is InChI=1S/C18H30O/c19-17(8-13-3-1-2-4-13)12-18-9-14-5-15(10-18)7-16(6-14)11-18/h13-17,19H,1-12H2. The zero-order valence-electron chi connectivity index (χ0n) is 12.3. The largest absolute Gasteiger partial charge is 0.393 e. The van der Waals surface area contributed by atoms with E-state index in [-0.39, 0.29) is 6.10 Å². The Bertz CT molecular complexity index is 293. The molecular weight excluding hydrogens is 232 g/mol. The topological polar surface area (TPSA) is 20.2 Å². The van der Waals surface area contributed by atoms with Crippen LogP contribution in [0.3, 0.4) is 0 Å². The fourth-order valence-corrected chi connectivity index (χ4v) is 6.75. The molecule has 0 heterocycles. The summed E-state index contributed by atoms with van der Waals surface area (Å²) in [5.41, 5.74) is 0.576. The van der Waals surface area contributed by atoms with Crippen molar-refractivity contribution in [3.8, 4) is 0 Å². The highest BCUT2D eigenvalue weighted by Crippen LogP contribution is 2.61. The maximum Gasteiger partial charge on any atom is 0.0548 e. The average molecular weight is 262 g/mol. The Morgan fingerprint density at radius 3 is 1.95 bits per heavy atom. The molecule has 1 unspecified atom stereocenters. The monoisotopic (exact) mass is 262 g/mol. The van der Waals surface area contributed by atoms with Gasteiger partial charge in [0.25, 0.3) is 0 Å². The molecule has 108 valence electrons. The quantitative estimate of drug-likeness (QED) is 0.789. The van der Waals surface area contributed by atoms with Crippen LogP contribution >= 0.6 is 0 Å². The van der Waals surface area contributed by atoms with E-state index in [9.17, 15) is 5.11 Å². The van der Waals surface area contributed by atoms with Crippen molar-refractivity contribution in [2.75, 3.05) is 0 Å². The maximum atomic E-state index is 10.6. The fraction of sp³-hybridized carbons (Fsp3) is 1.00. The smallest absolute Gasteiger partial charge is 0.0548 e. The Kier molecular flexibility index (Phi) is 3.17.